The minimum absolute atomic E-state index is 0.570. The smallest absolute Gasteiger partial charge is 0.221 e. The Balaban J connectivity index is 2.12. The monoisotopic (exact) mass is 230 g/mol. The van der Waals surface area contributed by atoms with Crippen molar-refractivity contribution in [3.8, 4) is 0 Å². The SMILES string of the molecule is COC1=CC(O)OC(/C=C/c2ccccc2)=C1. The molecule has 1 unspecified atom stereocenters. The molecule has 17 heavy (non-hydrogen) atoms. The second-order valence-electron chi connectivity index (χ2n) is 3.57. The normalized spacial score (nSPS) is 19.5. The first-order valence-electron chi connectivity index (χ1n) is 5.33. The van der Waals surface area contributed by atoms with Gasteiger partial charge in [-0.25, -0.2) is 0 Å². The third-order valence-corrected chi connectivity index (χ3v) is 2.32. The molecule has 1 N–H and O–H groups in total. The minimum Gasteiger partial charge on any atom is -0.497 e. The standard InChI is InChI=1S/C14H14O3/c1-16-13-9-12(17-14(15)10-13)8-7-11-5-3-2-4-6-11/h2-10,14-15H,1H3/b8-7+. The van der Waals surface area contributed by atoms with Gasteiger partial charge in [-0.2, -0.15) is 0 Å². The summed E-state index contributed by atoms with van der Waals surface area (Å²) in [5, 5.41) is 9.42. The molecule has 1 aliphatic rings. The number of aliphatic hydroxyl groups excluding tert-OH is 1. The average Bonchev–Trinajstić information content (AvgIpc) is 2.37. The maximum atomic E-state index is 9.42. The summed E-state index contributed by atoms with van der Waals surface area (Å²) in [6, 6.07) is 9.87. The predicted octanol–water partition coefficient (Wildman–Crippen LogP) is 2.46. The van der Waals surface area contributed by atoms with Gasteiger partial charge in [0.15, 0.2) is 0 Å². The number of methoxy groups -OCH3 is 1. The van der Waals surface area contributed by atoms with Crippen LogP contribution in [0.1, 0.15) is 5.56 Å². The molecule has 88 valence electrons. The van der Waals surface area contributed by atoms with E-state index in [-0.39, 0.29) is 0 Å². The van der Waals surface area contributed by atoms with E-state index in [4.69, 9.17) is 9.47 Å². The van der Waals surface area contributed by atoms with Crippen molar-refractivity contribution in [1.29, 1.82) is 0 Å². The van der Waals surface area contributed by atoms with E-state index in [9.17, 15) is 5.11 Å². The molecule has 0 amide bonds. The Hall–Kier alpha value is -2.00. The van der Waals surface area contributed by atoms with Crippen molar-refractivity contribution in [3.05, 3.63) is 65.6 Å². The molecule has 1 aliphatic heterocycles. The van der Waals surface area contributed by atoms with Crippen molar-refractivity contribution in [2.45, 2.75) is 6.29 Å². The molecule has 1 atom stereocenters. The first kappa shape index (κ1) is 11.5. The Labute approximate surface area is 100 Å². The largest absolute Gasteiger partial charge is 0.497 e. The second-order valence-corrected chi connectivity index (χ2v) is 3.57. The third kappa shape index (κ3) is 3.23. The lowest BCUT2D eigenvalue weighted by atomic mass is 10.2. The van der Waals surface area contributed by atoms with E-state index in [0.717, 1.165) is 5.56 Å². The van der Waals surface area contributed by atoms with Crippen LogP contribution in [0.4, 0.5) is 0 Å². The summed E-state index contributed by atoms with van der Waals surface area (Å²) >= 11 is 0. The van der Waals surface area contributed by atoms with E-state index in [1.807, 2.05) is 36.4 Å². The van der Waals surface area contributed by atoms with Crippen molar-refractivity contribution in [3.63, 3.8) is 0 Å². The highest BCUT2D eigenvalue weighted by Crippen LogP contribution is 2.17. The highest BCUT2D eigenvalue weighted by atomic mass is 16.6. The fourth-order valence-corrected chi connectivity index (χ4v) is 1.49. The van der Waals surface area contributed by atoms with Gasteiger partial charge in [-0.3, -0.25) is 0 Å². The summed E-state index contributed by atoms with van der Waals surface area (Å²) in [5.41, 5.74) is 1.07. The Morgan fingerprint density at radius 3 is 2.71 bits per heavy atom. The Morgan fingerprint density at radius 1 is 1.24 bits per heavy atom. The van der Waals surface area contributed by atoms with Crippen LogP contribution >= 0.6 is 0 Å². The van der Waals surface area contributed by atoms with E-state index >= 15 is 0 Å². The lowest BCUT2D eigenvalue weighted by Gasteiger charge is -2.16. The number of ether oxygens (including phenoxy) is 2. The van der Waals surface area contributed by atoms with Gasteiger partial charge in [-0.05, 0) is 11.6 Å². The number of rotatable bonds is 3. The molecule has 1 aromatic carbocycles. The zero-order valence-corrected chi connectivity index (χ0v) is 9.54. The molecule has 0 fully saturated rings. The quantitative estimate of drug-likeness (QED) is 0.866. The van der Waals surface area contributed by atoms with E-state index in [2.05, 4.69) is 0 Å². The second kappa shape index (κ2) is 5.37. The lowest BCUT2D eigenvalue weighted by Crippen LogP contribution is -2.12. The number of allylic oxidation sites excluding steroid dienone is 2. The molecule has 0 aromatic heterocycles. The summed E-state index contributed by atoms with van der Waals surface area (Å²) < 4.78 is 10.3. The molecular formula is C14H14O3. The predicted molar refractivity (Wildman–Crippen MR) is 65.7 cm³/mol. The van der Waals surface area contributed by atoms with Crippen LogP contribution in [0.15, 0.2) is 60.1 Å². The molecule has 0 saturated carbocycles. The van der Waals surface area contributed by atoms with Crippen LogP contribution in [-0.2, 0) is 9.47 Å². The van der Waals surface area contributed by atoms with Crippen molar-refractivity contribution in [2.75, 3.05) is 7.11 Å². The number of hydrogen-bond donors (Lipinski definition) is 1. The molecule has 0 aliphatic carbocycles. The zero-order valence-electron chi connectivity index (χ0n) is 9.54. The van der Waals surface area contributed by atoms with Gasteiger partial charge in [-0.1, -0.05) is 36.4 Å². The molecule has 1 aromatic rings. The number of aliphatic hydroxyl groups is 1. The van der Waals surface area contributed by atoms with E-state index in [1.54, 1.807) is 19.3 Å². The average molecular weight is 230 g/mol. The topological polar surface area (TPSA) is 38.7 Å². The molecule has 2 rings (SSSR count). The molecule has 1 heterocycles. The van der Waals surface area contributed by atoms with Gasteiger partial charge in [0.25, 0.3) is 0 Å². The molecule has 3 heteroatoms. The summed E-state index contributed by atoms with van der Waals surface area (Å²) in [6.45, 7) is 0. The number of benzene rings is 1. The van der Waals surface area contributed by atoms with Crippen molar-refractivity contribution in [2.24, 2.45) is 0 Å². The molecule has 0 radical (unpaired) electrons. The molecule has 0 saturated heterocycles. The van der Waals surface area contributed by atoms with E-state index in [0.29, 0.717) is 11.5 Å². The summed E-state index contributed by atoms with van der Waals surface area (Å²) in [6.07, 6.45) is 5.98. The van der Waals surface area contributed by atoms with Crippen LogP contribution in [-0.4, -0.2) is 18.5 Å². The Bertz CT molecular complexity index is 458. The van der Waals surface area contributed by atoms with Crippen LogP contribution < -0.4 is 0 Å². The molecular weight excluding hydrogens is 216 g/mol. The van der Waals surface area contributed by atoms with Crippen LogP contribution in [0.5, 0.6) is 0 Å². The van der Waals surface area contributed by atoms with Crippen LogP contribution in [0, 0.1) is 0 Å². The van der Waals surface area contributed by atoms with Crippen molar-refractivity contribution < 1.29 is 14.6 Å². The van der Waals surface area contributed by atoms with Gasteiger partial charge < -0.3 is 14.6 Å². The van der Waals surface area contributed by atoms with Crippen LogP contribution in [0.3, 0.4) is 0 Å². The Kier molecular flexibility index (Phi) is 3.62. The zero-order chi connectivity index (χ0) is 12.1. The summed E-state index contributed by atoms with van der Waals surface area (Å²) in [5.74, 6) is 1.16. The lowest BCUT2D eigenvalue weighted by molar-refractivity contribution is -0.0282. The highest BCUT2D eigenvalue weighted by molar-refractivity contribution is 5.52. The highest BCUT2D eigenvalue weighted by Gasteiger charge is 2.11. The molecule has 0 bridgehead atoms. The fourth-order valence-electron chi connectivity index (χ4n) is 1.49. The van der Waals surface area contributed by atoms with Gasteiger partial charge in [0.05, 0.1) is 7.11 Å². The van der Waals surface area contributed by atoms with Crippen LogP contribution in [0.2, 0.25) is 0 Å². The first-order valence-corrected chi connectivity index (χ1v) is 5.33. The minimum atomic E-state index is -0.953. The van der Waals surface area contributed by atoms with E-state index < -0.39 is 6.29 Å². The first-order chi connectivity index (χ1) is 8.28. The van der Waals surface area contributed by atoms with Gasteiger partial charge in [-0.15, -0.1) is 0 Å². The fraction of sp³-hybridized carbons (Fsp3) is 0.143. The van der Waals surface area contributed by atoms with Gasteiger partial charge >= 0.3 is 0 Å². The number of hydrogen-bond acceptors (Lipinski definition) is 3. The van der Waals surface area contributed by atoms with Gasteiger partial charge in [0.1, 0.15) is 11.5 Å². The van der Waals surface area contributed by atoms with Crippen LogP contribution in [0.25, 0.3) is 6.08 Å². The van der Waals surface area contributed by atoms with Gasteiger partial charge in [0.2, 0.25) is 6.29 Å². The maximum absolute atomic E-state index is 9.42. The molecule has 3 nitrogen and oxygen atoms in total. The maximum Gasteiger partial charge on any atom is 0.221 e. The van der Waals surface area contributed by atoms with Crippen molar-refractivity contribution in [1.82, 2.24) is 0 Å². The summed E-state index contributed by atoms with van der Waals surface area (Å²) in [4.78, 5) is 0. The van der Waals surface area contributed by atoms with Gasteiger partial charge in [0, 0.05) is 12.2 Å². The molecule has 0 spiro atoms. The van der Waals surface area contributed by atoms with Crippen molar-refractivity contribution >= 4 is 6.08 Å². The Morgan fingerprint density at radius 2 is 2.00 bits per heavy atom. The summed E-state index contributed by atoms with van der Waals surface area (Å²) in [7, 11) is 1.55. The third-order valence-electron chi connectivity index (χ3n) is 2.32. The van der Waals surface area contributed by atoms with E-state index in [1.165, 1.54) is 6.08 Å².